The smallest absolute Gasteiger partial charge is 0.0470 e. The molecule has 2 aliphatic rings. The lowest BCUT2D eigenvalue weighted by molar-refractivity contribution is 0.0586. The van der Waals surface area contributed by atoms with Crippen LogP contribution < -0.4 is 5.73 Å². The number of piperidine rings is 1. The van der Waals surface area contributed by atoms with Crippen LogP contribution in [0.2, 0.25) is 0 Å². The highest BCUT2D eigenvalue weighted by Gasteiger charge is 2.33. The number of thioether (sulfide) groups is 1. The van der Waals surface area contributed by atoms with Crippen molar-refractivity contribution in [2.75, 3.05) is 25.9 Å². The number of nitrogens with zero attached hydrogens (tertiary/aromatic N) is 1. The normalized spacial score (nSPS) is 28.1. The molecule has 1 aromatic rings. The van der Waals surface area contributed by atoms with Gasteiger partial charge in [-0.1, -0.05) is 31.4 Å². The van der Waals surface area contributed by atoms with Gasteiger partial charge in [-0.2, -0.15) is 0 Å². The summed E-state index contributed by atoms with van der Waals surface area (Å²) in [6.07, 6.45) is 9.30. The van der Waals surface area contributed by atoms with Gasteiger partial charge in [0.25, 0.3) is 0 Å². The topological polar surface area (TPSA) is 29.3 Å². The molecule has 0 spiro atoms. The minimum Gasteiger partial charge on any atom is -0.329 e. The Hall–Kier alpha value is -0.510. The first-order valence-corrected chi connectivity index (χ1v) is 9.62. The van der Waals surface area contributed by atoms with Crippen LogP contribution in [0.15, 0.2) is 29.2 Å². The summed E-state index contributed by atoms with van der Waals surface area (Å²) in [4.78, 5) is 3.99. The Morgan fingerprint density at radius 2 is 1.86 bits per heavy atom. The van der Waals surface area contributed by atoms with E-state index in [9.17, 15) is 0 Å². The number of benzene rings is 1. The fourth-order valence-electron chi connectivity index (χ4n) is 4.23. The molecule has 1 aliphatic heterocycles. The molecule has 0 radical (unpaired) electrons. The molecule has 2 fully saturated rings. The summed E-state index contributed by atoms with van der Waals surface area (Å²) >= 11 is 1.80. The van der Waals surface area contributed by atoms with Crippen LogP contribution in [-0.4, -0.2) is 30.8 Å². The van der Waals surface area contributed by atoms with E-state index in [2.05, 4.69) is 35.4 Å². The summed E-state index contributed by atoms with van der Waals surface area (Å²) in [6, 6.07) is 9.42. The third-order valence-electron chi connectivity index (χ3n) is 5.49. The number of hydrogen-bond acceptors (Lipinski definition) is 3. The number of nitrogens with two attached hydrogens (primary N) is 1. The van der Waals surface area contributed by atoms with Gasteiger partial charge >= 0.3 is 0 Å². The number of hydrogen-bond donors (Lipinski definition) is 1. The summed E-state index contributed by atoms with van der Waals surface area (Å²) in [5.41, 5.74) is 7.52. The first-order valence-electron chi connectivity index (χ1n) is 8.40. The van der Waals surface area contributed by atoms with Crippen LogP contribution >= 0.6 is 11.8 Å². The first kappa shape index (κ1) is 15.4. The van der Waals surface area contributed by atoms with Gasteiger partial charge in [-0.05, 0) is 55.2 Å². The summed E-state index contributed by atoms with van der Waals surface area (Å²) < 4.78 is 0. The molecule has 2 nitrogen and oxygen atoms in total. The first-order chi connectivity index (χ1) is 10.3. The minimum atomic E-state index is 0.406. The highest BCUT2D eigenvalue weighted by atomic mass is 32.2. The van der Waals surface area contributed by atoms with Gasteiger partial charge in [0.2, 0.25) is 0 Å². The molecule has 116 valence electrons. The van der Waals surface area contributed by atoms with Crippen molar-refractivity contribution in [3.8, 4) is 0 Å². The fourth-order valence-corrected chi connectivity index (χ4v) is 4.64. The van der Waals surface area contributed by atoms with Gasteiger partial charge in [0.1, 0.15) is 0 Å². The van der Waals surface area contributed by atoms with E-state index in [1.54, 1.807) is 11.8 Å². The monoisotopic (exact) mass is 304 g/mol. The van der Waals surface area contributed by atoms with Crippen molar-refractivity contribution >= 4 is 11.8 Å². The van der Waals surface area contributed by atoms with Crippen molar-refractivity contribution in [1.29, 1.82) is 0 Å². The fraction of sp³-hybridized carbons (Fsp3) is 0.667. The average Bonchev–Trinajstić information content (AvgIpc) is 2.56. The summed E-state index contributed by atoms with van der Waals surface area (Å²) in [5.74, 6) is 1.92. The molecule has 1 heterocycles. The molecule has 0 aromatic heterocycles. The van der Waals surface area contributed by atoms with Crippen LogP contribution in [0.25, 0.3) is 0 Å². The molecule has 3 rings (SSSR count). The zero-order valence-corrected chi connectivity index (χ0v) is 13.9. The van der Waals surface area contributed by atoms with Crippen molar-refractivity contribution in [3.63, 3.8) is 0 Å². The lowest BCUT2D eigenvalue weighted by atomic mass is 9.74. The summed E-state index contributed by atoms with van der Waals surface area (Å²) in [5, 5.41) is 0. The van der Waals surface area contributed by atoms with E-state index in [1.165, 1.54) is 55.7 Å². The number of rotatable bonds is 4. The van der Waals surface area contributed by atoms with Crippen LogP contribution in [0, 0.1) is 11.8 Å². The van der Waals surface area contributed by atoms with Gasteiger partial charge in [0, 0.05) is 24.0 Å². The van der Waals surface area contributed by atoms with Crippen LogP contribution in [0.5, 0.6) is 0 Å². The highest BCUT2D eigenvalue weighted by molar-refractivity contribution is 7.98. The van der Waals surface area contributed by atoms with Crippen molar-refractivity contribution in [2.24, 2.45) is 17.6 Å². The third kappa shape index (κ3) is 3.46. The molecule has 3 unspecified atom stereocenters. The van der Waals surface area contributed by atoms with E-state index in [4.69, 9.17) is 5.73 Å². The number of fused-ring (bicyclic) bond motifs is 1. The molecular weight excluding hydrogens is 276 g/mol. The van der Waals surface area contributed by atoms with E-state index >= 15 is 0 Å². The Labute approximate surface area is 133 Å². The maximum absolute atomic E-state index is 6.13. The van der Waals surface area contributed by atoms with Crippen LogP contribution in [0.4, 0.5) is 0 Å². The maximum Gasteiger partial charge on any atom is 0.0470 e. The Balaban J connectivity index is 1.70. The Kier molecular flexibility index (Phi) is 5.25. The standard InChI is InChI=1S/C18H28N2S/c1-21-17-8-6-15(7-9-17)18(12-19)20-11-10-14-4-2-3-5-16(14)13-20/h6-9,14,16,18H,2-5,10-13,19H2,1H3. The van der Waals surface area contributed by atoms with E-state index in [-0.39, 0.29) is 0 Å². The van der Waals surface area contributed by atoms with Crippen molar-refractivity contribution in [1.82, 2.24) is 4.90 Å². The molecule has 1 aliphatic carbocycles. The molecule has 3 heteroatoms. The Morgan fingerprint density at radius 1 is 1.14 bits per heavy atom. The molecule has 2 N–H and O–H groups in total. The second kappa shape index (κ2) is 7.17. The van der Waals surface area contributed by atoms with E-state index < -0.39 is 0 Å². The average molecular weight is 305 g/mol. The quantitative estimate of drug-likeness (QED) is 0.855. The predicted molar refractivity (Wildman–Crippen MR) is 91.7 cm³/mol. The Morgan fingerprint density at radius 3 is 2.52 bits per heavy atom. The van der Waals surface area contributed by atoms with Crippen LogP contribution in [-0.2, 0) is 0 Å². The summed E-state index contributed by atoms with van der Waals surface area (Å²) in [7, 11) is 0. The second-order valence-electron chi connectivity index (χ2n) is 6.61. The van der Waals surface area contributed by atoms with E-state index in [0.29, 0.717) is 6.04 Å². The van der Waals surface area contributed by atoms with Crippen LogP contribution in [0.3, 0.4) is 0 Å². The van der Waals surface area contributed by atoms with Gasteiger partial charge in [0.05, 0.1) is 0 Å². The zero-order chi connectivity index (χ0) is 14.7. The molecule has 1 aromatic carbocycles. The maximum atomic E-state index is 6.13. The second-order valence-corrected chi connectivity index (χ2v) is 7.49. The van der Waals surface area contributed by atoms with Gasteiger partial charge in [-0.25, -0.2) is 0 Å². The van der Waals surface area contributed by atoms with E-state index in [1.807, 2.05) is 0 Å². The largest absolute Gasteiger partial charge is 0.329 e. The number of likely N-dealkylation sites (tertiary alicyclic amines) is 1. The van der Waals surface area contributed by atoms with Crippen LogP contribution in [0.1, 0.15) is 43.7 Å². The Bertz CT molecular complexity index is 445. The molecule has 21 heavy (non-hydrogen) atoms. The van der Waals surface area contributed by atoms with Crippen molar-refractivity contribution in [2.45, 2.75) is 43.0 Å². The lowest BCUT2D eigenvalue weighted by Gasteiger charge is -2.44. The van der Waals surface area contributed by atoms with E-state index in [0.717, 1.165) is 18.4 Å². The highest BCUT2D eigenvalue weighted by Crippen LogP contribution is 2.38. The lowest BCUT2D eigenvalue weighted by Crippen LogP contribution is -2.45. The molecule has 1 saturated heterocycles. The van der Waals surface area contributed by atoms with Gasteiger partial charge in [-0.3, -0.25) is 4.90 Å². The molecule has 0 bridgehead atoms. The molecule has 0 amide bonds. The van der Waals surface area contributed by atoms with Crippen molar-refractivity contribution in [3.05, 3.63) is 29.8 Å². The van der Waals surface area contributed by atoms with Gasteiger partial charge in [0.15, 0.2) is 0 Å². The SMILES string of the molecule is CSc1ccc(C(CN)N2CCC3CCCCC3C2)cc1. The molecule has 1 saturated carbocycles. The molecule has 3 atom stereocenters. The van der Waals surface area contributed by atoms with Gasteiger partial charge < -0.3 is 5.73 Å². The van der Waals surface area contributed by atoms with Crippen molar-refractivity contribution < 1.29 is 0 Å². The third-order valence-corrected chi connectivity index (χ3v) is 6.23. The summed E-state index contributed by atoms with van der Waals surface area (Å²) in [6.45, 7) is 3.22. The molecular formula is C18H28N2S. The van der Waals surface area contributed by atoms with Gasteiger partial charge in [-0.15, -0.1) is 11.8 Å². The minimum absolute atomic E-state index is 0.406. The predicted octanol–water partition coefficient (Wildman–Crippen LogP) is 3.92. The zero-order valence-electron chi connectivity index (χ0n) is 13.1.